The van der Waals surface area contributed by atoms with Gasteiger partial charge in [-0.25, -0.2) is 0 Å². The number of rotatable bonds is 13. The molecule has 0 bridgehead atoms. The minimum atomic E-state index is -0.677. The summed E-state index contributed by atoms with van der Waals surface area (Å²) in [6, 6.07) is 0. The van der Waals surface area contributed by atoms with E-state index < -0.39 is 5.97 Å². The molecule has 0 aromatic rings. The van der Waals surface area contributed by atoms with Gasteiger partial charge >= 0.3 is 5.97 Å². The van der Waals surface area contributed by atoms with Gasteiger partial charge in [0.15, 0.2) is 0 Å². The molecule has 0 rings (SSSR count). The third kappa shape index (κ3) is 16.7. The molecule has 0 radical (unpaired) electrons. The highest BCUT2D eigenvalue weighted by atomic mass is 16.4. The second-order valence-corrected chi connectivity index (χ2v) is 5.08. The van der Waals surface area contributed by atoms with Gasteiger partial charge in [0.1, 0.15) is 0 Å². The lowest BCUT2D eigenvalue weighted by atomic mass is 10.1. The van der Waals surface area contributed by atoms with Crippen molar-refractivity contribution in [2.75, 3.05) is 0 Å². The van der Waals surface area contributed by atoms with Crippen LogP contribution in [0, 0.1) is 0 Å². The number of aliphatic carboxylic acids is 1. The van der Waals surface area contributed by atoms with Crippen LogP contribution < -0.4 is 0 Å². The molecule has 0 saturated carbocycles. The number of allylic oxidation sites excluding steroid dienone is 6. The van der Waals surface area contributed by atoms with Crippen molar-refractivity contribution in [1.29, 1.82) is 0 Å². The third-order valence-corrected chi connectivity index (χ3v) is 3.09. The van der Waals surface area contributed by atoms with Crippen LogP contribution in [0.4, 0.5) is 0 Å². The summed E-state index contributed by atoms with van der Waals surface area (Å²) < 4.78 is 0. The predicted octanol–water partition coefficient (Wildman–Crippen LogP) is 5.66. The van der Waals surface area contributed by atoms with Crippen LogP contribution >= 0.6 is 0 Å². The predicted molar refractivity (Wildman–Crippen MR) is 86.9 cm³/mol. The molecule has 20 heavy (non-hydrogen) atoms. The molecule has 0 amide bonds. The van der Waals surface area contributed by atoms with Crippen molar-refractivity contribution in [1.82, 2.24) is 0 Å². The van der Waals surface area contributed by atoms with Crippen LogP contribution in [0.25, 0.3) is 0 Å². The van der Waals surface area contributed by atoms with Crippen LogP contribution in [0.2, 0.25) is 0 Å². The monoisotopic (exact) mass is 278 g/mol. The summed E-state index contributed by atoms with van der Waals surface area (Å²) in [6.07, 6.45) is 23.3. The minimum Gasteiger partial charge on any atom is -0.481 e. The summed E-state index contributed by atoms with van der Waals surface area (Å²) >= 11 is 0. The summed E-state index contributed by atoms with van der Waals surface area (Å²) in [7, 11) is 0. The van der Waals surface area contributed by atoms with Gasteiger partial charge < -0.3 is 5.11 Å². The second-order valence-electron chi connectivity index (χ2n) is 5.08. The topological polar surface area (TPSA) is 37.3 Å². The lowest BCUT2D eigenvalue weighted by Crippen LogP contribution is -1.93. The van der Waals surface area contributed by atoms with Crippen LogP contribution in [0.1, 0.15) is 71.1 Å². The molecule has 0 saturated heterocycles. The molecule has 0 spiro atoms. The molecule has 0 aromatic heterocycles. The smallest absolute Gasteiger partial charge is 0.303 e. The average Bonchev–Trinajstić information content (AvgIpc) is 2.43. The van der Waals surface area contributed by atoms with Crippen LogP contribution in [-0.2, 0) is 4.79 Å². The maximum absolute atomic E-state index is 10.3. The quantitative estimate of drug-likeness (QED) is 0.348. The molecule has 2 nitrogen and oxygen atoms in total. The Morgan fingerprint density at radius 2 is 1.35 bits per heavy atom. The summed E-state index contributed by atoms with van der Waals surface area (Å²) in [5, 5.41) is 8.50. The SMILES string of the molecule is CCCCC=C/C=C/C=CCCCCCCCC(=O)O. The van der Waals surface area contributed by atoms with E-state index in [0.717, 1.165) is 25.7 Å². The van der Waals surface area contributed by atoms with Crippen LogP contribution in [0.3, 0.4) is 0 Å². The van der Waals surface area contributed by atoms with Gasteiger partial charge in [-0.15, -0.1) is 0 Å². The zero-order valence-corrected chi connectivity index (χ0v) is 12.9. The number of unbranched alkanes of at least 4 members (excludes halogenated alkanes) is 7. The summed E-state index contributed by atoms with van der Waals surface area (Å²) in [6.45, 7) is 2.21. The minimum absolute atomic E-state index is 0.316. The molecule has 0 fully saturated rings. The maximum atomic E-state index is 10.3. The van der Waals surface area contributed by atoms with Crippen molar-refractivity contribution in [3.63, 3.8) is 0 Å². The van der Waals surface area contributed by atoms with Gasteiger partial charge in [-0.05, 0) is 25.7 Å². The number of hydrogen-bond donors (Lipinski definition) is 1. The van der Waals surface area contributed by atoms with Crippen molar-refractivity contribution in [3.8, 4) is 0 Å². The first-order valence-corrected chi connectivity index (χ1v) is 7.97. The van der Waals surface area contributed by atoms with E-state index in [1.165, 1.54) is 32.1 Å². The molecule has 0 aliphatic rings. The molecular formula is C18H30O2. The fourth-order valence-electron chi connectivity index (χ4n) is 1.87. The lowest BCUT2D eigenvalue weighted by molar-refractivity contribution is -0.137. The van der Waals surface area contributed by atoms with Gasteiger partial charge in [0.05, 0.1) is 0 Å². The third-order valence-electron chi connectivity index (χ3n) is 3.09. The van der Waals surface area contributed by atoms with Crippen molar-refractivity contribution >= 4 is 5.97 Å². The number of carbonyl (C=O) groups is 1. The van der Waals surface area contributed by atoms with Crippen LogP contribution in [0.15, 0.2) is 36.5 Å². The van der Waals surface area contributed by atoms with Crippen molar-refractivity contribution in [3.05, 3.63) is 36.5 Å². The molecular weight excluding hydrogens is 248 g/mol. The Balaban J connectivity index is 3.29. The largest absolute Gasteiger partial charge is 0.481 e. The Kier molecular flexibility index (Phi) is 14.7. The fraction of sp³-hybridized carbons (Fsp3) is 0.611. The van der Waals surface area contributed by atoms with E-state index in [1.807, 2.05) is 0 Å². The molecule has 0 aliphatic heterocycles. The standard InChI is InChI=1S/C18H30O2/c1-2-3-4-5-6-7-8-9-10-11-12-13-14-15-16-17-18(19)20/h5-10H,2-4,11-17H2,1H3,(H,19,20)/b6-5?,8-7+,10-9?. The average molecular weight is 278 g/mol. The Morgan fingerprint density at radius 1 is 0.800 bits per heavy atom. The first-order valence-electron chi connectivity index (χ1n) is 7.97. The molecule has 114 valence electrons. The van der Waals surface area contributed by atoms with Gasteiger partial charge in [0.25, 0.3) is 0 Å². The molecule has 0 aliphatic carbocycles. The Hall–Kier alpha value is -1.31. The zero-order chi connectivity index (χ0) is 14.9. The van der Waals surface area contributed by atoms with E-state index in [1.54, 1.807) is 0 Å². The highest BCUT2D eigenvalue weighted by Crippen LogP contribution is 2.07. The van der Waals surface area contributed by atoms with E-state index in [9.17, 15) is 4.79 Å². The molecule has 0 atom stereocenters. The van der Waals surface area contributed by atoms with Crippen molar-refractivity contribution in [2.45, 2.75) is 71.1 Å². The highest BCUT2D eigenvalue weighted by Gasteiger charge is 1.95. The number of carboxylic acid groups (broad SMARTS) is 1. The Labute approximate surface area is 124 Å². The van der Waals surface area contributed by atoms with Crippen molar-refractivity contribution < 1.29 is 9.90 Å². The molecule has 1 N–H and O–H groups in total. The van der Waals surface area contributed by atoms with Gasteiger partial charge in [-0.2, -0.15) is 0 Å². The summed E-state index contributed by atoms with van der Waals surface area (Å²) in [5.74, 6) is -0.677. The van der Waals surface area contributed by atoms with E-state index in [4.69, 9.17) is 5.11 Å². The number of carboxylic acids is 1. The van der Waals surface area contributed by atoms with Gasteiger partial charge in [-0.3, -0.25) is 4.79 Å². The van der Waals surface area contributed by atoms with E-state index in [-0.39, 0.29) is 0 Å². The van der Waals surface area contributed by atoms with E-state index in [2.05, 4.69) is 43.4 Å². The molecule has 2 heteroatoms. The lowest BCUT2D eigenvalue weighted by Gasteiger charge is -1.97. The van der Waals surface area contributed by atoms with Gasteiger partial charge in [0.2, 0.25) is 0 Å². The van der Waals surface area contributed by atoms with Crippen LogP contribution in [0.5, 0.6) is 0 Å². The Morgan fingerprint density at radius 3 is 1.95 bits per heavy atom. The number of hydrogen-bond acceptors (Lipinski definition) is 1. The summed E-state index contributed by atoms with van der Waals surface area (Å²) in [5.41, 5.74) is 0. The Bertz CT molecular complexity index is 301. The first kappa shape index (κ1) is 18.7. The maximum Gasteiger partial charge on any atom is 0.303 e. The molecule has 0 unspecified atom stereocenters. The highest BCUT2D eigenvalue weighted by molar-refractivity contribution is 5.66. The zero-order valence-electron chi connectivity index (χ0n) is 12.9. The second kappa shape index (κ2) is 15.7. The van der Waals surface area contributed by atoms with Gasteiger partial charge in [0, 0.05) is 6.42 Å². The normalized spacial score (nSPS) is 12.1. The van der Waals surface area contributed by atoms with Gasteiger partial charge in [-0.1, -0.05) is 75.5 Å². The van der Waals surface area contributed by atoms with E-state index in [0.29, 0.717) is 6.42 Å². The fourth-order valence-corrected chi connectivity index (χ4v) is 1.87. The molecule has 0 aromatic carbocycles. The van der Waals surface area contributed by atoms with E-state index >= 15 is 0 Å². The summed E-state index contributed by atoms with van der Waals surface area (Å²) in [4.78, 5) is 10.3. The van der Waals surface area contributed by atoms with Crippen LogP contribution in [-0.4, -0.2) is 11.1 Å². The first-order chi connectivity index (χ1) is 9.77. The van der Waals surface area contributed by atoms with Crippen molar-refractivity contribution in [2.24, 2.45) is 0 Å². The molecule has 0 heterocycles.